The van der Waals surface area contributed by atoms with Crippen LogP contribution in [0.25, 0.3) is 0 Å². The summed E-state index contributed by atoms with van der Waals surface area (Å²) in [7, 11) is 0. The fraction of sp³-hybridized carbons (Fsp3) is 0.435. The molecule has 2 saturated carbocycles. The highest BCUT2D eigenvalue weighted by Gasteiger charge is 2.55. The SMILES string of the molecule is Nc1ccc(Br)cc1C1(C(=O)C2(c3cc(Br)ccc3N)CCCC2)CCCC1. The first-order valence-electron chi connectivity index (χ1n) is 10.0. The van der Waals surface area contributed by atoms with Crippen LogP contribution in [0.5, 0.6) is 0 Å². The summed E-state index contributed by atoms with van der Waals surface area (Å²) >= 11 is 7.17. The van der Waals surface area contributed by atoms with Gasteiger partial charge in [0.1, 0.15) is 0 Å². The number of anilines is 2. The number of carbonyl (C=O) groups is 1. The summed E-state index contributed by atoms with van der Waals surface area (Å²) in [4.78, 5) is 14.5. The van der Waals surface area contributed by atoms with Gasteiger partial charge in [0, 0.05) is 20.3 Å². The number of nitrogen functional groups attached to an aromatic ring is 2. The molecule has 0 radical (unpaired) electrons. The number of ketones is 1. The second-order valence-corrected chi connectivity index (χ2v) is 10.2. The van der Waals surface area contributed by atoms with Crippen LogP contribution in [0.1, 0.15) is 62.5 Å². The third-order valence-electron chi connectivity index (χ3n) is 6.85. The van der Waals surface area contributed by atoms with Crippen LogP contribution in [0.4, 0.5) is 11.4 Å². The summed E-state index contributed by atoms with van der Waals surface area (Å²) in [5, 5.41) is 0. The zero-order valence-electron chi connectivity index (χ0n) is 15.9. The molecule has 0 spiro atoms. The molecule has 2 aliphatic carbocycles. The highest BCUT2D eigenvalue weighted by molar-refractivity contribution is 9.10. The van der Waals surface area contributed by atoms with Crippen LogP contribution in [0, 0.1) is 0 Å². The van der Waals surface area contributed by atoms with Gasteiger partial charge in [0.15, 0.2) is 5.78 Å². The van der Waals surface area contributed by atoms with Gasteiger partial charge in [0.25, 0.3) is 0 Å². The van der Waals surface area contributed by atoms with Gasteiger partial charge in [0.05, 0.1) is 10.8 Å². The average molecular weight is 506 g/mol. The van der Waals surface area contributed by atoms with Gasteiger partial charge >= 0.3 is 0 Å². The van der Waals surface area contributed by atoms with Crippen molar-refractivity contribution in [3.8, 4) is 0 Å². The Kier molecular flexibility index (Phi) is 5.34. The van der Waals surface area contributed by atoms with Crippen molar-refractivity contribution in [2.75, 3.05) is 11.5 Å². The fourth-order valence-corrected chi connectivity index (χ4v) is 6.26. The standard InChI is InChI=1S/C23H26Br2N2O/c24-15-5-7-19(26)17(13-15)22(9-1-2-10-22)21(28)23(11-3-4-12-23)18-14-16(25)6-8-20(18)27/h5-8,13-14H,1-4,9-12,26-27H2. The van der Waals surface area contributed by atoms with Crippen LogP contribution in [-0.2, 0) is 15.6 Å². The van der Waals surface area contributed by atoms with Crippen molar-refractivity contribution >= 4 is 49.0 Å². The van der Waals surface area contributed by atoms with E-state index in [1.807, 2.05) is 24.3 Å². The van der Waals surface area contributed by atoms with E-state index in [1.165, 1.54) is 0 Å². The molecular formula is C23H26Br2N2O. The zero-order valence-corrected chi connectivity index (χ0v) is 19.1. The Morgan fingerprint density at radius 3 is 1.43 bits per heavy atom. The fourth-order valence-electron chi connectivity index (χ4n) is 5.54. The molecule has 5 heteroatoms. The molecule has 0 bridgehead atoms. The van der Waals surface area contributed by atoms with E-state index in [4.69, 9.17) is 11.5 Å². The van der Waals surface area contributed by atoms with Crippen LogP contribution in [-0.4, -0.2) is 5.78 Å². The second-order valence-electron chi connectivity index (χ2n) is 8.37. The number of benzene rings is 2. The van der Waals surface area contributed by atoms with Crippen LogP contribution in [0.3, 0.4) is 0 Å². The van der Waals surface area contributed by atoms with E-state index in [0.717, 1.165) is 71.4 Å². The third kappa shape index (κ3) is 3.11. The molecule has 4 rings (SSSR count). The monoisotopic (exact) mass is 504 g/mol. The molecule has 148 valence electrons. The van der Waals surface area contributed by atoms with Crippen molar-refractivity contribution in [3.05, 3.63) is 56.5 Å². The van der Waals surface area contributed by atoms with Crippen LogP contribution >= 0.6 is 31.9 Å². The van der Waals surface area contributed by atoms with Crippen molar-refractivity contribution < 1.29 is 4.79 Å². The van der Waals surface area contributed by atoms with Gasteiger partial charge in [-0.2, -0.15) is 0 Å². The summed E-state index contributed by atoms with van der Waals surface area (Å²) < 4.78 is 1.94. The van der Waals surface area contributed by atoms with Crippen LogP contribution in [0.2, 0.25) is 0 Å². The maximum Gasteiger partial charge on any atom is 0.154 e. The summed E-state index contributed by atoms with van der Waals surface area (Å²) in [5.41, 5.74) is 15.2. The van der Waals surface area contributed by atoms with E-state index in [9.17, 15) is 4.79 Å². The number of Topliss-reactive ketones (excluding diaryl/α,β-unsaturated/α-hetero) is 1. The normalized spacial score (nSPS) is 20.4. The van der Waals surface area contributed by atoms with Crippen LogP contribution < -0.4 is 11.5 Å². The second kappa shape index (κ2) is 7.49. The molecule has 0 aliphatic heterocycles. The van der Waals surface area contributed by atoms with Crippen LogP contribution in [0.15, 0.2) is 45.3 Å². The molecule has 3 nitrogen and oxygen atoms in total. The minimum absolute atomic E-state index is 0.324. The van der Waals surface area contributed by atoms with Gasteiger partial charge < -0.3 is 11.5 Å². The van der Waals surface area contributed by atoms with Crippen molar-refractivity contribution in [1.82, 2.24) is 0 Å². The molecule has 2 aliphatic rings. The van der Waals surface area contributed by atoms with E-state index in [-0.39, 0.29) is 0 Å². The smallest absolute Gasteiger partial charge is 0.154 e. The Labute approximate surface area is 183 Å². The molecular weight excluding hydrogens is 480 g/mol. The van der Waals surface area contributed by atoms with Crippen molar-refractivity contribution in [3.63, 3.8) is 0 Å². The molecule has 0 aromatic heterocycles. The molecule has 28 heavy (non-hydrogen) atoms. The van der Waals surface area contributed by atoms with Crippen molar-refractivity contribution in [2.45, 2.75) is 62.2 Å². The molecule has 2 aromatic rings. The molecule has 0 atom stereocenters. The summed E-state index contributed by atoms with van der Waals surface area (Å²) in [6.45, 7) is 0. The van der Waals surface area contributed by atoms with Gasteiger partial charge in [-0.15, -0.1) is 0 Å². The van der Waals surface area contributed by atoms with E-state index in [2.05, 4.69) is 44.0 Å². The quantitative estimate of drug-likeness (QED) is 0.481. The van der Waals surface area contributed by atoms with Gasteiger partial charge in [0.2, 0.25) is 0 Å². The lowest BCUT2D eigenvalue weighted by Gasteiger charge is -2.40. The Hall–Kier alpha value is -1.33. The predicted molar refractivity (Wildman–Crippen MR) is 122 cm³/mol. The largest absolute Gasteiger partial charge is 0.398 e. The Bertz CT molecular complexity index is 839. The summed E-state index contributed by atoms with van der Waals surface area (Å²) in [5.74, 6) is 0.324. The predicted octanol–water partition coefficient (Wildman–Crippen LogP) is 6.27. The van der Waals surface area contributed by atoms with Crippen molar-refractivity contribution in [1.29, 1.82) is 0 Å². The molecule has 0 saturated heterocycles. The molecule has 2 fully saturated rings. The Balaban J connectivity index is 1.90. The summed E-state index contributed by atoms with van der Waals surface area (Å²) in [6.07, 6.45) is 7.68. The Morgan fingerprint density at radius 2 is 1.07 bits per heavy atom. The number of rotatable bonds is 4. The number of carbonyl (C=O) groups excluding carboxylic acids is 1. The maximum atomic E-state index is 14.5. The highest BCUT2D eigenvalue weighted by Crippen LogP contribution is 2.54. The summed E-state index contributed by atoms with van der Waals surface area (Å²) in [6, 6.07) is 11.9. The molecule has 0 amide bonds. The maximum absolute atomic E-state index is 14.5. The third-order valence-corrected chi connectivity index (χ3v) is 7.83. The molecule has 4 N–H and O–H groups in total. The van der Waals surface area contributed by atoms with E-state index >= 15 is 0 Å². The lowest BCUT2D eigenvalue weighted by atomic mass is 9.61. The van der Waals surface area contributed by atoms with Gasteiger partial charge in [-0.25, -0.2) is 0 Å². The topological polar surface area (TPSA) is 69.1 Å². The van der Waals surface area contributed by atoms with Gasteiger partial charge in [-0.05, 0) is 73.2 Å². The highest BCUT2D eigenvalue weighted by atomic mass is 79.9. The van der Waals surface area contributed by atoms with Gasteiger partial charge in [-0.1, -0.05) is 57.5 Å². The van der Waals surface area contributed by atoms with E-state index in [1.54, 1.807) is 0 Å². The minimum Gasteiger partial charge on any atom is -0.398 e. The number of hydrogen-bond donors (Lipinski definition) is 2. The number of halogens is 2. The number of nitrogens with two attached hydrogens (primary N) is 2. The lowest BCUT2D eigenvalue weighted by Crippen LogP contribution is -2.47. The molecule has 0 heterocycles. The average Bonchev–Trinajstić information content (AvgIpc) is 3.36. The first-order chi connectivity index (χ1) is 13.4. The van der Waals surface area contributed by atoms with E-state index in [0.29, 0.717) is 17.2 Å². The lowest BCUT2D eigenvalue weighted by molar-refractivity contribution is -0.130. The molecule has 0 unspecified atom stereocenters. The van der Waals surface area contributed by atoms with Gasteiger partial charge in [-0.3, -0.25) is 4.79 Å². The first-order valence-corrected chi connectivity index (χ1v) is 11.6. The zero-order chi connectivity index (χ0) is 19.9. The Morgan fingerprint density at radius 1 is 0.714 bits per heavy atom. The number of hydrogen-bond acceptors (Lipinski definition) is 3. The van der Waals surface area contributed by atoms with E-state index < -0.39 is 10.8 Å². The minimum atomic E-state index is -0.521. The first kappa shape index (κ1) is 20.0. The van der Waals surface area contributed by atoms with Crippen molar-refractivity contribution in [2.24, 2.45) is 0 Å². The molecule has 2 aromatic carbocycles.